The smallest absolute Gasteiger partial charge is 0.126 e. The second kappa shape index (κ2) is 3.58. The van der Waals surface area contributed by atoms with Gasteiger partial charge in [0.25, 0.3) is 0 Å². The highest BCUT2D eigenvalue weighted by molar-refractivity contribution is 5.36. The number of aromatic nitrogens is 1. The van der Waals surface area contributed by atoms with Crippen LogP contribution in [-0.2, 0) is 0 Å². The number of pyridine rings is 1. The van der Waals surface area contributed by atoms with Gasteiger partial charge in [0.15, 0.2) is 0 Å². The highest BCUT2D eigenvalue weighted by atomic mass is 15.1. The standard InChI is InChI=1S/C11H17N3/c1-11(2)9(6-8-13-11)14-10-5-3-4-7-12-10/h3-5,7,9,13H,6,8H2,1-2H3,(H,12,14). The van der Waals surface area contributed by atoms with Crippen molar-refractivity contribution in [3.8, 4) is 0 Å². The third-order valence-corrected chi connectivity index (χ3v) is 2.87. The maximum Gasteiger partial charge on any atom is 0.126 e. The fraction of sp³-hybridized carbons (Fsp3) is 0.545. The van der Waals surface area contributed by atoms with Gasteiger partial charge < -0.3 is 10.6 Å². The first-order chi connectivity index (χ1) is 6.68. The summed E-state index contributed by atoms with van der Waals surface area (Å²) in [6.45, 7) is 5.53. The number of rotatable bonds is 2. The van der Waals surface area contributed by atoms with Crippen LogP contribution in [0.1, 0.15) is 20.3 Å². The van der Waals surface area contributed by atoms with Gasteiger partial charge in [-0.05, 0) is 38.9 Å². The molecule has 1 fully saturated rings. The molecule has 76 valence electrons. The molecule has 2 heterocycles. The fourth-order valence-corrected chi connectivity index (χ4v) is 1.90. The molecule has 1 aliphatic heterocycles. The summed E-state index contributed by atoms with van der Waals surface area (Å²) in [5.74, 6) is 0.967. The molecule has 2 rings (SSSR count). The van der Waals surface area contributed by atoms with E-state index in [0.29, 0.717) is 6.04 Å². The topological polar surface area (TPSA) is 37.0 Å². The Morgan fingerprint density at radius 1 is 1.50 bits per heavy atom. The lowest BCUT2D eigenvalue weighted by Gasteiger charge is -2.28. The Balaban J connectivity index is 2.05. The number of anilines is 1. The monoisotopic (exact) mass is 191 g/mol. The zero-order valence-corrected chi connectivity index (χ0v) is 8.75. The molecule has 1 aromatic rings. The summed E-state index contributed by atoms with van der Waals surface area (Å²) in [7, 11) is 0. The first-order valence-corrected chi connectivity index (χ1v) is 5.11. The van der Waals surface area contributed by atoms with Gasteiger partial charge in [0, 0.05) is 17.8 Å². The van der Waals surface area contributed by atoms with Gasteiger partial charge in [-0.2, -0.15) is 0 Å². The van der Waals surface area contributed by atoms with Gasteiger partial charge in [0.1, 0.15) is 5.82 Å². The molecule has 0 saturated carbocycles. The molecule has 1 unspecified atom stereocenters. The van der Waals surface area contributed by atoms with E-state index in [1.165, 1.54) is 0 Å². The Kier molecular flexibility index (Phi) is 2.42. The fourth-order valence-electron chi connectivity index (χ4n) is 1.90. The number of nitrogens with zero attached hydrogens (tertiary/aromatic N) is 1. The predicted molar refractivity (Wildman–Crippen MR) is 58.3 cm³/mol. The summed E-state index contributed by atoms with van der Waals surface area (Å²) >= 11 is 0. The normalized spacial score (nSPS) is 24.9. The Morgan fingerprint density at radius 2 is 2.36 bits per heavy atom. The summed E-state index contributed by atoms with van der Waals surface area (Å²) in [6.07, 6.45) is 2.97. The molecule has 3 heteroatoms. The molecule has 0 radical (unpaired) electrons. The molecular formula is C11H17N3. The van der Waals surface area contributed by atoms with E-state index >= 15 is 0 Å². The zero-order chi connectivity index (χ0) is 10.0. The quantitative estimate of drug-likeness (QED) is 0.746. The van der Waals surface area contributed by atoms with Gasteiger partial charge in [-0.25, -0.2) is 4.98 Å². The van der Waals surface area contributed by atoms with Crippen molar-refractivity contribution in [1.29, 1.82) is 0 Å². The lowest BCUT2D eigenvalue weighted by molar-refractivity contribution is 0.427. The molecule has 0 bridgehead atoms. The van der Waals surface area contributed by atoms with E-state index in [9.17, 15) is 0 Å². The lowest BCUT2D eigenvalue weighted by Crippen LogP contribution is -2.45. The molecule has 2 N–H and O–H groups in total. The molecular weight excluding hydrogens is 174 g/mol. The number of hydrogen-bond acceptors (Lipinski definition) is 3. The molecule has 0 amide bonds. The Bertz CT molecular complexity index is 295. The van der Waals surface area contributed by atoms with E-state index in [-0.39, 0.29) is 5.54 Å². The van der Waals surface area contributed by atoms with Crippen LogP contribution in [-0.4, -0.2) is 23.1 Å². The van der Waals surface area contributed by atoms with Crippen molar-refractivity contribution in [2.24, 2.45) is 0 Å². The molecule has 0 aromatic carbocycles. The number of hydrogen-bond donors (Lipinski definition) is 2. The molecule has 0 aliphatic carbocycles. The van der Waals surface area contributed by atoms with E-state index in [4.69, 9.17) is 0 Å². The summed E-state index contributed by atoms with van der Waals surface area (Å²) in [4.78, 5) is 4.27. The van der Waals surface area contributed by atoms with Crippen molar-refractivity contribution < 1.29 is 0 Å². The van der Waals surface area contributed by atoms with Crippen LogP contribution >= 0.6 is 0 Å². The van der Waals surface area contributed by atoms with E-state index in [1.54, 1.807) is 0 Å². The summed E-state index contributed by atoms with van der Waals surface area (Å²) < 4.78 is 0. The Hall–Kier alpha value is -1.09. The summed E-state index contributed by atoms with van der Waals surface area (Å²) in [5, 5.41) is 6.93. The first kappa shape index (κ1) is 9.46. The average molecular weight is 191 g/mol. The third-order valence-electron chi connectivity index (χ3n) is 2.87. The molecule has 3 nitrogen and oxygen atoms in total. The molecule has 1 aliphatic rings. The maximum atomic E-state index is 4.27. The van der Waals surface area contributed by atoms with Crippen LogP contribution in [0.4, 0.5) is 5.82 Å². The van der Waals surface area contributed by atoms with Gasteiger partial charge >= 0.3 is 0 Å². The van der Waals surface area contributed by atoms with Crippen LogP contribution < -0.4 is 10.6 Å². The lowest BCUT2D eigenvalue weighted by atomic mass is 9.97. The van der Waals surface area contributed by atoms with Gasteiger partial charge in [-0.3, -0.25) is 0 Å². The highest BCUT2D eigenvalue weighted by Crippen LogP contribution is 2.21. The van der Waals surface area contributed by atoms with E-state index in [2.05, 4.69) is 29.5 Å². The average Bonchev–Trinajstić information content (AvgIpc) is 2.48. The molecule has 1 aromatic heterocycles. The van der Waals surface area contributed by atoms with Gasteiger partial charge in [0.2, 0.25) is 0 Å². The number of nitrogens with one attached hydrogen (secondary N) is 2. The van der Waals surface area contributed by atoms with Crippen molar-refractivity contribution in [1.82, 2.24) is 10.3 Å². The molecule has 1 saturated heterocycles. The van der Waals surface area contributed by atoms with Crippen molar-refractivity contribution in [2.75, 3.05) is 11.9 Å². The van der Waals surface area contributed by atoms with Gasteiger partial charge in [-0.15, -0.1) is 0 Å². The van der Waals surface area contributed by atoms with E-state index in [1.807, 2.05) is 24.4 Å². The van der Waals surface area contributed by atoms with Crippen LogP contribution in [0.5, 0.6) is 0 Å². The molecule has 1 atom stereocenters. The summed E-state index contributed by atoms with van der Waals surface area (Å²) in [5.41, 5.74) is 0.164. The van der Waals surface area contributed by atoms with Crippen LogP contribution in [0.2, 0.25) is 0 Å². The maximum absolute atomic E-state index is 4.27. The third kappa shape index (κ3) is 1.87. The SMILES string of the molecule is CC1(C)NCCC1Nc1ccccn1. The first-order valence-electron chi connectivity index (χ1n) is 5.11. The largest absolute Gasteiger partial charge is 0.365 e. The minimum atomic E-state index is 0.164. The molecule has 0 spiro atoms. The van der Waals surface area contributed by atoms with Crippen molar-refractivity contribution in [3.63, 3.8) is 0 Å². The zero-order valence-electron chi connectivity index (χ0n) is 8.75. The van der Waals surface area contributed by atoms with Crippen LogP contribution in [0.25, 0.3) is 0 Å². The highest BCUT2D eigenvalue weighted by Gasteiger charge is 2.33. The van der Waals surface area contributed by atoms with Crippen LogP contribution in [0, 0.1) is 0 Å². The summed E-state index contributed by atoms with van der Waals surface area (Å²) in [6, 6.07) is 6.42. The van der Waals surface area contributed by atoms with Crippen molar-refractivity contribution >= 4 is 5.82 Å². The van der Waals surface area contributed by atoms with E-state index in [0.717, 1.165) is 18.8 Å². The molecule has 14 heavy (non-hydrogen) atoms. The van der Waals surface area contributed by atoms with Crippen LogP contribution in [0.3, 0.4) is 0 Å². The minimum Gasteiger partial charge on any atom is -0.365 e. The second-order valence-electron chi connectivity index (χ2n) is 4.35. The van der Waals surface area contributed by atoms with Crippen molar-refractivity contribution in [3.05, 3.63) is 24.4 Å². The van der Waals surface area contributed by atoms with Gasteiger partial charge in [0.05, 0.1) is 0 Å². The second-order valence-corrected chi connectivity index (χ2v) is 4.35. The van der Waals surface area contributed by atoms with Crippen LogP contribution in [0.15, 0.2) is 24.4 Å². The van der Waals surface area contributed by atoms with E-state index < -0.39 is 0 Å². The Morgan fingerprint density at radius 3 is 2.93 bits per heavy atom. The van der Waals surface area contributed by atoms with Gasteiger partial charge in [-0.1, -0.05) is 6.07 Å². The predicted octanol–water partition coefficient (Wildman–Crippen LogP) is 1.63. The minimum absolute atomic E-state index is 0.164. The van der Waals surface area contributed by atoms with Crippen molar-refractivity contribution in [2.45, 2.75) is 31.8 Å². The Labute approximate surface area is 84.9 Å².